The van der Waals surface area contributed by atoms with Gasteiger partial charge in [-0.3, -0.25) is 9.59 Å². The Hall–Kier alpha value is -2.22. The molecule has 31 heavy (non-hydrogen) atoms. The second-order valence-corrected chi connectivity index (χ2v) is 10.2. The van der Waals surface area contributed by atoms with Gasteiger partial charge in [-0.25, -0.2) is 0 Å². The molecule has 0 spiro atoms. The van der Waals surface area contributed by atoms with Crippen LogP contribution in [0.3, 0.4) is 0 Å². The third kappa shape index (κ3) is 7.16. The van der Waals surface area contributed by atoms with Gasteiger partial charge in [-0.2, -0.15) is 0 Å². The lowest BCUT2D eigenvalue weighted by Crippen LogP contribution is -2.20. The predicted molar refractivity (Wildman–Crippen MR) is 134 cm³/mol. The minimum atomic E-state index is -0.0237. The van der Waals surface area contributed by atoms with Crippen LogP contribution >= 0.6 is 0 Å². The number of rotatable bonds is 6. The quantitative estimate of drug-likeness (QED) is 0.430. The van der Waals surface area contributed by atoms with E-state index in [9.17, 15) is 9.59 Å². The molecule has 0 fully saturated rings. The number of Topliss-reactive ketones (excluding diaryl/α,β-unsaturated/α-hetero) is 2. The smallest absolute Gasteiger partial charge is 0.190 e. The fraction of sp³-hybridized carbons (Fsp3) is 0.517. The van der Waals surface area contributed by atoms with Crippen molar-refractivity contribution in [2.45, 2.75) is 88.5 Å². The number of hydrogen-bond acceptors (Lipinski definition) is 2. The van der Waals surface area contributed by atoms with Crippen molar-refractivity contribution in [1.82, 2.24) is 0 Å². The van der Waals surface area contributed by atoms with Crippen LogP contribution in [0.25, 0.3) is 0 Å². The number of fused-ring (bicyclic) bond motifs is 1. The first kappa shape index (κ1) is 26.8. The van der Waals surface area contributed by atoms with Gasteiger partial charge in [0.2, 0.25) is 0 Å². The second-order valence-electron chi connectivity index (χ2n) is 10.2. The Morgan fingerprint density at radius 2 is 1.39 bits per heavy atom. The van der Waals surface area contributed by atoms with Crippen LogP contribution in [0.5, 0.6) is 0 Å². The number of allylic oxidation sites excluding steroid dienone is 6. The van der Waals surface area contributed by atoms with Gasteiger partial charge in [-0.05, 0) is 50.9 Å². The molecule has 0 bridgehead atoms. The van der Waals surface area contributed by atoms with E-state index < -0.39 is 0 Å². The van der Waals surface area contributed by atoms with E-state index in [0.717, 1.165) is 12.8 Å². The van der Waals surface area contributed by atoms with E-state index >= 15 is 0 Å². The topological polar surface area (TPSA) is 34.1 Å². The highest BCUT2D eigenvalue weighted by atomic mass is 16.1. The Kier molecular flexibility index (Phi) is 9.42. The Morgan fingerprint density at radius 1 is 0.871 bits per heavy atom. The summed E-state index contributed by atoms with van der Waals surface area (Å²) in [6.07, 6.45) is 6.99. The van der Waals surface area contributed by atoms with Crippen LogP contribution in [-0.2, 0) is 0 Å². The lowest BCUT2D eigenvalue weighted by atomic mass is 9.79. The summed E-state index contributed by atoms with van der Waals surface area (Å²) < 4.78 is 0. The molecule has 170 valence electrons. The van der Waals surface area contributed by atoms with Crippen molar-refractivity contribution in [3.63, 3.8) is 0 Å². The molecule has 0 saturated heterocycles. The fourth-order valence-corrected chi connectivity index (χ4v) is 3.71. The van der Waals surface area contributed by atoms with Gasteiger partial charge in [0.05, 0.1) is 0 Å². The summed E-state index contributed by atoms with van der Waals surface area (Å²) >= 11 is 0. The molecule has 1 aromatic carbocycles. The SMILES string of the molecule is CC.CC1=C(C/C=C(\C)CC(C)(C)C/C=C(\C)C(C)(C)C)C(=O)c2ccccc2C1=O. The number of ketones is 2. The Balaban J connectivity index is 0.00000233. The predicted octanol–water partition coefficient (Wildman–Crippen LogP) is 8.54. The zero-order valence-electron chi connectivity index (χ0n) is 21.4. The number of carbonyl (C=O) groups is 2. The van der Waals surface area contributed by atoms with Crippen LogP contribution in [0.2, 0.25) is 0 Å². The second kappa shape index (κ2) is 10.9. The van der Waals surface area contributed by atoms with Crippen LogP contribution in [0, 0.1) is 10.8 Å². The normalized spacial score (nSPS) is 15.5. The molecule has 1 aromatic rings. The van der Waals surface area contributed by atoms with Crippen LogP contribution in [0.15, 0.2) is 58.7 Å². The van der Waals surface area contributed by atoms with Crippen molar-refractivity contribution >= 4 is 11.6 Å². The molecule has 0 unspecified atom stereocenters. The van der Waals surface area contributed by atoms with E-state index in [2.05, 4.69) is 60.6 Å². The largest absolute Gasteiger partial charge is 0.289 e. The average Bonchev–Trinajstić information content (AvgIpc) is 2.70. The maximum Gasteiger partial charge on any atom is 0.190 e. The number of benzene rings is 1. The van der Waals surface area contributed by atoms with E-state index in [4.69, 9.17) is 0 Å². The lowest BCUT2D eigenvalue weighted by Gasteiger charge is -2.26. The van der Waals surface area contributed by atoms with Gasteiger partial charge < -0.3 is 0 Å². The third-order valence-corrected chi connectivity index (χ3v) is 6.04. The molecule has 0 aliphatic heterocycles. The van der Waals surface area contributed by atoms with Crippen molar-refractivity contribution in [2.24, 2.45) is 10.8 Å². The number of hydrogen-bond donors (Lipinski definition) is 0. The summed E-state index contributed by atoms with van der Waals surface area (Å²) in [5, 5.41) is 0. The highest BCUT2D eigenvalue weighted by molar-refractivity contribution is 6.26. The molecule has 0 aromatic heterocycles. The zero-order chi connectivity index (χ0) is 24.0. The van der Waals surface area contributed by atoms with Crippen LogP contribution in [0.1, 0.15) is 109 Å². The first-order chi connectivity index (χ1) is 14.3. The minimum absolute atomic E-state index is 0.00949. The van der Waals surface area contributed by atoms with Crippen molar-refractivity contribution in [2.75, 3.05) is 0 Å². The van der Waals surface area contributed by atoms with Crippen molar-refractivity contribution in [1.29, 1.82) is 0 Å². The molecular formula is C29H42O2. The van der Waals surface area contributed by atoms with Gasteiger partial charge in [-0.1, -0.05) is 96.0 Å². The third-order valence-electron chi connectivity index (χ3n) is 6.04. The molecule has 0 radical (unpaired) electrons. The summed E-state index contributed by atoms with van der Waals surface area (Å²) in [5.74, 6) is -0.0332. The minimum Gasteiger partial charge on any atom is -0.289 e. The highest BCUT2D eigenvalue weighted by Gasteiger charge is 2.28. The van der Waals surface area contributed by atoms with Gasteiger partial charge in [0.1, 0.15) is 0 Å². The molecule has 0 N–H and O–H groups in total. The zero-order valence-corrected chi connectivity index (χ0v) is 21.4. The summed E-state index contributed by atoms with van der Waals surface area (Å²) in [7, 11) is 0. The Bertz CT molecular complexity index is 899. The molecule has 2 nitrogen and oxygen atoms in total. The van der Waals surface area contributed by atoms with Crippen LogP contribution in [-0.4, -0.2) is 11.6 Å². The number of carbonyl (C=O) groups excluding carboxylic acids is 2. The molecule has 0 atom stereocenters. The average molecular weight is 423 g/mol. The highest BCUT2D eigenvalue weighted by Crippen LogP contribution is 2.34. The summed E-state index contributed by atoms with van der Waals surface area (Å²) in [6.45, 7) is 21.4. The maximum absolute atomic E-state index is 12.9. The molecule has 2 rings (SSSR count). The van der Waals surface area contributed by atoms with E-state index in [1.165, 1.54) is 11.1 Å². The van der Waals surface area contributed by atoms with E-state index in [1.807, 2.05) is 26.0 Å². The Labute approximate surface area is 190 Å². The summed E-state index contributed by atoms with van der Waals surface area (Å²) in [6, 6.07) is 7.13. The van der Waals surface area contributed by atoms with E-state index in [-0.39, 0.29) is 22.4 Å². The van der Waals surface area contributed by atoms with Crippen molar-refractivity contribution in [3.8, 4) is 0 Å². The van der Waals surface area contributed by atoms with Crippen LogP contribution in [0.4, 0.5) is 0 Å². The molecular weight excluding hydrogens is 380 g/mol. The summed E-state index contributed by atoms with van der Waals surface area (Å²) in [4.78, 5) is 25.5. The molecule has 1 aliphatic rings. The van der Waals surface area contributed by atoms with Gasteiger partial charge in [0.15, 0.2) is 11.6 Å². The molecule has 2 heteroatoms. The molecule has 0 heterocycles. The fourth-order valence-electron chi connectivity index (χ4n) is 3.71. The summed E-state index contributed by atoms with van der Waals surface area (Å²) in [5.41, 5.74) is 5.31. The van der Waals surface area contributed by atoms with Gasteiger partial charge in [-0.15, -0.1) is 0 Å². The van der Waals surface area contributed by atoms with E-state index in [0.29, 0.717) is 28.7 Å². The monoisotopic (exact) mass is 422 g/mol. The van der Waals surface area contributed by atoms with Crippen LogP contribution < -0.4 is 0 Å². The Morgan fingerprint density at radius 3 is 1.90 bits per heavy atom. The van der Waals surface area contributed by atoms with Crippen molar-refractivity contribution < 1.29 is 9.59 Å². The molecule has 1 aliphatic carbocycles. The van der Waals surface area contributed by atoms with Gasteiger partial charge in [0, 0.05) is 22.3 Å². The molecule has 0 amide bonds. The molecule has 0 saturated carbocycles. The standard InChI is InChI=1S/C27H36O2.C2H6/c1-18(17-27(7,8)16-15-19(2)26(4,5)6)13-14-21-20(3)24(28)22-11-9-10-12-23(22)25(21)29;1-2/h9-13,15H,14,16-17H2,1-8H3;1-2H3/b18-13+,19-15+;. The van der Waals surface area contributed by atoms with E-state index in [1.54, 1.807) is 19.1 Å². The van der Waals surface area contributed by atoms with Gasteiger partial charge in [0.25, 0.3) is 0 Å². The van der Waals surface area contributed by atoms with Gasteiger partial charge >= 0.3 is 0 Å². The first-order valence-corrected chi connectivity index (χ1v) is 11.5. The first-order valence-electron chi connectivity index (χ1n) is 11.5. The lowest BCUT2D eigenvalue weighted by molar-refractivity contribution is 0.0973. The maximum atomic E-state index is 12.9. The van der Waals surface area contributed by atoms with Crippen molar-refractivity contribution in [3.05, 3.63) is 69.8 Å².